The summed E-state index contributed by atoms with van der Waals surface area (Å²) in [6.07, 6.45) is 9.03. The van der Waals surface area contributed by atoms with Crippen LogP contribution in [-0.4, -0.2) is 27.5 Å². The molecule has 0 bridgehead atoms. The second-order valence-electron chi connectivity index (χ2n) is 5.88. The van der Waals surface area contributed by atoms with Crippen molar-refractivity contribution in [3.05, 3.63) is 34.0 Å². The van der Waals surface area contributed by atoms with Gasteiger partial charge >= 0.3 is 5.97 Å². The Hall–Kier alpha value is -1.73. The van der Waals surface area contributed by atoms with Crippen molar-refractivity contribution >= 4 is 39.6 Å². The van der Waals surface area contributed by atoms with Crippen LogP contribution in [0.25, 0.3) is 0 Å². The number of hydrogen-bond acceptors (Lipinski definition) is 5. The lowest BCUT2D eigenvalue weighted by molar-refractivity contribution is 0.0527. The molecular weight excluding hydrogens is 342 g/mol. The molecule has 1 aliphatic carbocycles. The van der Waals surface area contributed by atoms with Gasteiger partial charge in [-0.15, -0.1) is 11.3 Å². The van der Waals surface area contributed by atoms with Gasteiger partial charge in [0.2, 0.25) is 0 Å². The third-order valence-electron chi connectivity index (χ3n) is 4.04. The summed E-state index contributed by atoms with van der Waals surface area (Å²) in [7, 11) is 0. The highest BCUT2D eigenvalue weighted by Gasteiger charge is 2.26. The van der Waals surface area contributed by atoms with Crippen LogP contribution in [0.1, 0.15) is 52.5 Å². The van der Waals surface area contributed by atoms with E-state index in [-0.39, 0.29) is 5.97 Å². The first-order chi connectivity index (χ1) is 11.6. The van der Waals surface area contributed by atoms with Gasteiger partial charge in [-0.2, -0.15) is 5.10 Å². The molecule has 128 valence electrons. The monoisotopic (exact) mass is 363 g/mol. The molecule has 3 rings (SSSR count). The minimum atomic E-state index is -0.265. The second kappa shape index (κ2) is 7.44. The van der Waals surface area contributed by atoms with E-state index in [0.29, 0.717) is 17.3 Å². The molecule has 0 aromatic carbocycles. The summed E-state index contributed by atoms with van der Waals surface area (Å²) in [5.74, 6) is -0.265. The van der Waals surface area contributed by atoms with E-state index in [0.717, 1.165) is 41.8 Å². The minimum absolute atomic E-state index is 0.265. The zero-order valence-corrected chi connectivity index (χ0v) is 15.6. The smallest absolute Gasteiger partial charge is 0.341 e. The molecule has 0 saturated carbocycles. The fourth-order valence-corrected chi connectivity index (χ4v) is 4.47. The van der Waals surface area contributed by atoms with Crippen molar-refractivity contribution in [2.24, 2.45) is 0 Å². The van der Waals surface area contributed by atoms with E-state index in [1.165, 1.54) is 11.3 Å². The van der Waals surface area contributed by atoms with Crippen molar-refractivity contribution < 1.29 is 9.53 Å². The fraction of sp³-hybridized carbons (Fsp3) is 0.471. The van der Waals surface area contributed by atoms with Crippen LogP contribution in [-0.2, 0) is 17.6 Å². The second-order valence-corrected chi connectivity index (χ2v) is 7.37. The predicted molar refractivity (Wildman–Crippen MR) is 100 cm³/mol. The number of aromatic nitrogens is 2. The molecule has 0 radical (unpaired) electrons. The molecule has 24 heavy (non-hydrogen) atoms. The number of carbonyl (C=O) groups excluding carboxylic acids is 1. The van der Waals surface area contributed by atoms with Crippen molar-refractivity contribution in [1.82, 2.24) is 9.78 Å². The molecule has 2 aromatic rings. The Morgan fingerprint density at radius 2 is 2.21 bits per heavy atom. The fourth-order valence-electron chi connectivity index (χ4n) is 2.93. The van der Waals surface area contributed by atoms with Gasteiger partial charge < -0.3 is 10.1 Å². The number of rotatable bonds is 3. The highest BCUT2D eigenvalue weighted by Crippen LogP contribution is 2.38. The van der Waals surface area contributed by atoms with E-state index >= 15 is 0 Å². The van der Waals surface area contributed by atoms with Gasteiger partial charge in [0.05, 0.1) is 18.4 Å². The van der Waals surface area contributed by atoms with Crippen molar-refractivity contribution in [2.45, 2.75) is 46.0 Å². The van der Waals surface area contributed by atoms with Crippen LogP contribution in [0.3, 0.4) is 0 Å². The molecule has 0 aliphatic heterocycles. The van der Waals surface area contributed by atoms with E-state index in [1.54, 1.807) is 22.2 Å². The topological polar surface area (TPSA) is 56.1 Å². The van der Waals surface area contributed by atoms with Gasteiger partial charge in [-0.3, -0.25) is 0 Å². The van der Waals surface area contributed by atoms with Crippen LogP contribution in [0.4, 0.5) is 5.00 Å². The first kappa shape index (κ1) is 17.1. The highest BCUT2D eigenvalue weighted by molar-refractivity contribution is 7.80. The van der Waals surface area contributed by atoms with Gasteiger partial charge in [0, 0.05) is 11.1 Å². The number of thiocarbonyl (C=S) groups is 1. The zero-order valence-electron chi connectivity index (χ0n) is 13.9. The Morgan fingerprint density at radius 1 is 1.42 bits per heavy atom. The average Bonchev–Trinajstić information content (AvgIpc) is 3.04. The number of ether oxygens (including phenoxy) is 1. The van der Waals surface area contributed by atoms with Crippen LogP contribution >= 0.6 is 23.6 Å². The van der Waals surface area contributed by atoms with Gasteiger partial charge in [-0.05, 0) is 62.9 Å². The number of thiophene rings is 1. The summed E-state index contributed by atoms with van der Waals surface area (Å²) in [5.41, 5.74) is 2.83. The third kappa shape index (κ3) is 3.52. The van der Waals surface area contributed by atoms with Crippen molar-refractivity contribution in [3.8, 4) is 0 Å². The van der Waals surface area contributed by atoms with E-state index in [1.807, 2.05) is 20.0 Å². The van der Waals surface area contributed by atoms with E-state index in [2.05, 4.69) is 10.4 Å². The maximum Gasteiger partial charge on any atom is 0.341 e. The summed E-state index contributed by atoms with van der Waals surface area (Å²) in [5, 5.41) is 8.67. The molecule has 1 aliphatic rings. The molecule has 5 nitrogen and oxygen atoms in total. The van der Waals surface area contributed by atoms with E-state index < -0.39 is 0 Å². The lowest BCUT2D eigenvalue weighted by atomic mass is 10.1. The largest absolute Gasteiger partial charge is 0.462 e. The Morgan fingerprint density at radius 3 is 2.92 bits per heavy atom. The Bertz CT molecular complexity index is 764. The van der Waals surface area contributed by atoms with Crippen LogP contribution in [0.2, 0.25) is 0 Å². The SMILES string of the molecule is CCOC(=O)c1c(NC(=S)n2cc(C)cn2)sc2c1CCCCC2. The number of nitrogens with one attached hydrogen (secondary N) is 1. The maximum atomic E-state index is 12.5. The van der Waals surface area contributed by atoms with Crippen LogP contribution in [0.5, 0.6) is 0 Å². The number of hydrogen-bond donors (Lipinski definition) is 1. The van der Waals surface area contributed by atoms with Gasteiger partial charge in [0.1, 0.15) is 5.00 Å². The first-order valence-electron chi connectivity index (χ1n) is 8.24. The van der Waals surface area contributed by atoms with Gasteiger partial charge in [0.15, 0.2) is 5.11 Å². The molecule has 0 unspecified atom stereocenters. The van der Waals surface area contributed by atoms with Crippen LogP contribution in [0, 0.1) is 6.92 Å². The van der Waals surface area contributed by atoms with Crippen LogP contribution < -0.4 is 5.32 Å². The normalized spacial score (nSPS) is 13.9. The Balaban J connectivity index is 1.94. The lowest BCUT2D eigenvalue weighted by Gasteiger charge is -2.10. The standard InChI is InChI=1S/C17H21N3O2S2/c1-3-22-16(21)14-12-7-5-4-6-8-13(12)24-15(14)19-17(23)20-10-11(2)9-18-20/h9-10H,3-8H2,1-2H3,(H,19,23). The highest BCUT2D eigenvalue weighted by atomic mass is 32.1. The van der Waals surface area contributed by atoms with Gasteiger partial charge in [-0.1, -0.05) is 6.42 Å². The quantitative estimate of drug-likeness (QED) is 0.508. The molecule has 0 amide bonds. The summed E-state index contributed by atoms with van der Waals surface area (Å²) in [6, 6.07) is 0. The average molecular weight is 364 g/mol. The Kier molecular flexibility index (Phi) is 5.30. The third-order valence-corrected chi connectivity index (χ3v) is 5.54. The molecule has 7 heteroatoms. The molecule has 2 heterocycles. The summed E-state index contributed by atoms with van der Waals surface area (Å²) < 4.78 is 6.90. The summed E-state index contributed by atoms with van der Waals surface area (Å²) >= 11 is 7.06. The molecule has 0 spiro atoms. The zero-order chi connectivity index (χ0) is 17.1. The minimum Gasteiger partial charge on any atom is -0.462 e. The number of esters is 1. The van der Waals surface area contributed by atoms with E-state index in [4.69, 9.17) is 17.0 Å². The number of nitrogens with zero attached hydrogens (tertiary/aromatic N) is 2. The predicted octanol–water partition coefficient (Wildman–Crippen LogP) is 3.94. The number of anilines is 1. The van der Waals surface area contributed by atoms with Crippen molar-refractivity contribution in [2.75, 3.05) is 11.9 Å². The van der Waals surface area contributed by atoms with Crippen LogP contribution in [0.15, 0.2) is 12.4 Å². The van der Waals surface area contributed by atoms with Gasteiger partial charge in [0.25, 0.3) is 0 Å². The lowest BCUT2D eigenvalue weighted by Crippen LogP contribution is -2.20. The van der Waals surface area contributed by atoms with E-state index in [9.17, 15) is 4.79 Å². The summed E-state index contributed by atoms with van der Waals surface area (Å²) in [4.78, 5) is 13.8. The van der Waals surface area contributed by atoms with Crippen molar-refractivity contribution in [1.29, 1.82) is 0 Å². The molecule has 0 saturated heterocycles. The number of fused-ring (bicyclic) bond motifs is 1. The number of carbonyl (C=O) groups is 1. The maximum absolute atomic E-state index is 12.5. The molecule has 0 fully saturated rings. The molecule has 2 aromatic heterocycles. The molecular formula is C17H21N3O2S2. The molecule has 0 atom stereocenters. The molecule has 1 N–H and O–H groups in total. The Labute approximate surface area is 151 Å². The summed E-state index contributed by atoms with van der Waals surface area (Å²) in [6.45, 7) is 4.16. The first-order valence-corrected chi connectivity index (χ1v) is 9.47. The van der Waals surface area contributed by atoms with Crippen molar-refractivity contribution in [3.63, 3.8) is 0 Å². The van der Waals surface area contributed by atoms with Gasteiger partial charge in [-0.25, -0.2) is 9.48 Å². The number of aryl methyl sites for hydroxylation is 2.